The van der Waals surface area contributed by atoms with E-state index in [1.165, 1.54) is 12.1 Å². The van der Waals surface area contributed by atoms with E-state index in [2.05, 4.69) is 5.10 Å². The maximum atomic E-state index is 13.2. The average Bonchev–Trinajstić information content (AvgIpc) is 2.99. The summed E-state index contributed by atoms with van der Waals surface area (Å²) in [5, 5.41) is 4.52. The Bertz CT molecular complexity index is 781. The molecule has 1 aromatic heterocycles. The second-order valence-electron chi connectivity index (χ2n) is 4.82. The first-order valence-corrected chi connectivity index (χ1v) is 6.91. The van der Waals surface area contributed by atoms with Gasteiger partial charge < -0.3 is 10.5 Å². The normalized spacial score (nSPS) is 10.7. The van der Waals surface area contributed by atoms with Gasteiger partial charge in [0.25, 0.3) is 0 Å². The monoisotopic (exact) mass is 297 g/mol. The Labute approximate surface area is 128 Å². The summed E-state index contributed by atoms with van der Waals surface area (Å²) in [5.41, 5.74) is 8.98. The zero-order chi connectivity index (χ0) is 15.5. The Morgan fingerprint density at radius 1 is 1.14 bits per heavy atom. The summed E-state index contributed by atoms with van der Waals surface area (Å²) in [6.45, 7) is 0.330. The molecular weight excluding hydrogens is 281 g/mol. The van der Waals surface area contributed by atoms with Gasteiger partial charge in [-0.1, -0.05) is 12.1 Å². The van der Waals surface area contributed by atoms with E-state index >= 15 is 0 Å². The third kappa shape index (κ3) is 2.58. The minimum absolute atomic E-state index is 0.272. The molecule has 0 fully saturated rings. The van der Waals surface area contributed by atoms with Crippen LogP contribution in [0.25, 0.3) is 16.9 Å². The fourth-order valence-corrected chi connectivity index (χ4v) is 2.34. The minimum atomic E-state index is -0.272. The number of rotatable bonds is 4. The summed E-state index contributed by atoms with van der Waals surface area (Å²) in [6, 6.07) is 15.8. The molecule has 0 saturated carbocycles. The summed E-state index contributed by atoms with van der Waals surface area (Å²) < 4.78 is 20.3. The van der Waals surface area contributed by atoms with Crippen molar-refractivity contribution in [2.75, 3.05) is 7.11 Å². The van der Waals surface area contributed by atoms with E-state index in [0.29, 0.717) is 12.3 Å². The smallest absolute Gasteiger partial charge is 0.144 e. The molecule has 4 nitrogen and oxygen atoms in total. The van der Waals surface area contributed by atoms with Gasteiger partial charge in [0.15, 0.2) is 0 Å². The molecule has 0 aliphatic carbocycles. The van der Waals surface area contributed by atoms with Gasteiger partial charge in [0.05, 0.1) is 18.5 Å². The molecule has 22 heavy (non-hydrogen) atoms. The summed E-state index contributed by atoms with van der Waals surface area (Å²) in [4.78, 5) is 0. The Morgan fingerprint density at radius 2 is 1.86 bits per heavy atom. The highest BCUT2D eigenvalue weighted by Gasteiger charge is 2.14. The van der Waals surface area contributed by atoms with Crippen molar-refractivity contribution in [3.8, 4) is 22.7 Å². The van der Waals surface area contributed by atoms with E-state index in [-0.39, 0.29) is 5.82 Å². The SMILES string of the molecule is COc1ccccc1-n1nc(CN)cc1-c1ccc(F)cc1. The number of aromatic nitrogens is 2. The number of halogens is 1. The quantitative estimate of drug-likeness (QED) is 0.805. The third-order valence-corrected chi connectivity index (χ3v) is 3.42. The number of ether oxygens (including phenoxy) is 1. The van der Waals surface area contributed by atoms with Crippen LogP contribution in [-0.2, 0) is 6.54 Å². The molecule has 3 rings (SSSR count). The number of methoxy groups -OCH3 is 1. The van der Waals surface area contributed by atoms with Gasteiger partial charge in [-0.25, -0.2) is 9.07 Å². The predicted molar refractivity (Wildman–Crippen MR) is 83.4 cm³/mol. The van der Waals surface area contributed by atoms with Crippen molar-refractivity contribution >= 4 is 0 Å². The number of hydrogen-bond acceptors (Lipinski definition) is 3. The fourth-order valence-electron chi connectivity index (χ4n) is 2.34. The maximum Gasteiger partial charge on any atom is 0.144 e. The van der Waals surface area contributed by atoms with E-state index in [9.17, 15) is 4.39 Å². The number of para-hydroxylation sites is 2. The van der Waals surface area contributed by atoms with Crippen LogP contribution in [0.15, 0.2) is 54.6 Å². The molecule has 112 valence electrons. The molecule has 0 atom stereocenters. The zero-order valence-corrected chi connectivity index (χ0v) is 12.2. The molecule has 0 bridgehead atoms. The molecule has 0 radical (unpaired) electrons. The summed E-state index contributed by atoms with van der Waals surface area (Å²) in [7, 11) is 1.61. The van der Waals surface area contributed by atoms with Crippen LogP contribution < -0.4 is 10.5 Å². The van der Waals surface area contributed by atoms with Crippen LogP contribution in [0.3, 0.4) is 0 Å². The van der Waals surface area contributed by atoms with E-state index < -0.39 is 0 Å². The molecule has 0 spiro atoms. The van der Waals surface area contributed by atoms with Crippen LogP contribution in [-0.4, -0.2) is 16.9 Å². The molecule has 2 aromatic carbocycles. The van der Waals surface area contributed by atoms with Crippen LogP contribution in [0.2, 0.25) is 0 Å². The highest BCUT2D eigenvalue weighted by molar-refractivity contribution is 5.64. The topological polar surface area (TPSA) is 53.1 Å². The maximum absolute atomic E-state index is 13.2. The molecule has 0 aliphatic heterocycles. The number of nitrogens with zero attached hydrogens (tertiary/aromatic N) is 2. The Kier molecular flexibility index (Phi) is 3.89. The van der Waals surface area contributed by atoms with Crippen molar-refractivity contribution < 1.29 is 9.13 Å². The zero-order valence-electron chi connectivity index (χ0n) is 12.2. The summed E-state index contributed by atoms with van der Waals surface area (Å²) in [5.74, 6) is 0.434. The van der Waals surface area contributed by atoms with Gasteiger partial charge in [0.1, 0.15) is 17.3 Å². The minimum Gasteiger partial charge on any atom is -0.494 e. The number of nitrogens with two attached hydrogens (primary N) is 1. The van der Waals surface area contributed by atoms with Crippen molar-refractivity contribution in [3.05, 3.63) is 66.1 Å². The van der Waals surface area contributed by atoms with Gasteiger partial charge in [-0.2, -0.15) is 5.10 Å². The van der Waals surface area contributed by atoms with Gasteiger partial charge in [0, 0.05) is 12.1 Å². The van der Waals surface area contributed by atoms with E-state index in [1.807, 2.05) is 30.3 Å². The Balaban J connectivity index is 2.19. The molecule has 3 aromatic rings. The third-order valence-electron chi connectivity index (χ3n) is 3.42. The number of hydrogen-bond donors (Lipinski definition) is 1. The van der Waals surface area contributed by atoms with Gasteiger partial charge in [0.2, 0.25) is 0 Å². The van der Waals surface area contributed by atoms with Crippen LogP contribution in [0, 0.1) is 5.82 Å². The van der Waals surface area contributed by atoms with Gasteiger partial charge in [-0.05, 0) is 42.5 Å². The van der Waals surface area contributed by atoms with Crippen LogP contribution >= 0.6 is 0 Å². The standard InChI is InChI=1S/C17H16FN3O/c1-22-17-5-3-2-4-15(17)21-16(10-14(11-19)20-21)12-6-8-13(18)9-7-12/h2-10H,11,19H2,1H3. The second-order valence-corrected chi connectivity index (χ2v) is 4.82. The second kappa shape index (κ2) is 5.99. The lowest BCUT2D eigenvalue weighted by molar-refractivity contribution is 0.412. The molecule has 0 aliphatic rings. The fraction of sp³-hybridized carbons (Fsp3) is 0.118. The van der Waals surface area contributed by atoms with Gasteiger partial charge >= 0.3 is 0 Å². The van der Waals surface area contributed by atoms with Crippen molar-refractivity contribution in [1.82, 2.24) is 9.78 Å². The van der Waals surface area contributed by atoms with Crippen molar-refractivity contribution in [3.63, 3.8) is 0 Å². The number of benzene rings is 2. The van der Waals surface area contributed by atoms with Crippen LogP contribution in [0.5, 0.6) is 5.75 Å². The highest BCUT2D eigenvalue weighted by atomic mass is 19.1. The molecule has 0 unspecified atom stereocenters. The largest absolute Gasteiger partial charge is 0.494 e. The lowest BCUT2D eigenvalue weighted by Crippen LogP contribution is -2.03. The molecule has 0 saturated heterocycles. The summed E-state index contributed by atoms with van der Waals surface area (Å²) >= 11 is 0. The lowest BCUT2D eigenvalue weighted by Gasteiger charge is -2.11. The summed E-state index contributed by atoms with van der Waals surface area (Å²) in [6.07, 6.45) is 0. The van der Waals surface area contributed by atoms with Gasteiger partial charge in [-0.15, -0.1) is 0 Å². The molecule has 1 heterocycles. The van der Waals surface area contributed by atoms with E-state index in [0.717, 1.165) is 22.6 Å². The lowest BCUT2D eigenvalue weighted by atomic mass is 10.1. The molecular formula is C17H16FN3O. The van der Waals surface area contributed by atoms with Crippen molar-refractivity contribution in [2.24, 2.45) is 5.73 Å². The van der Waals surface area contributed by atoms with Gasteiger partial charge in [-0.3, -0.25) is 0 Å². The van der Waals surface area contributed by atoms with Crippen LogP contribution in [0.4, 0.5) is 4.39 Å². The average molecular weight is 297 g/mol. The first kappa shape index (κ1) is 14.3. The van der Waals surface area contributed by atoms with Crippen molar-refractivity contribution in [2.45, 2.75) is 6.54 Å². The molecule has 5 heteroatoms. The molecule has 0 amide bonds. The predicted octanol–water partition coefficient (Wildman–Crippen LogP) is 3.15. The van der Waals surface area contributed by atoms with Crippen molar-refractivity contribution in [1.29, 1.82) is 0 Å². The Hall–Kier alpha value is -2.66. The van der Waals surface area contributed by atoms with E-state index in [1.54, 1.807) is 23.9 Å². The Morgan fingerprint density at radius 3 is 2.55 bits per heavy atom. The highest BCUT2D eigenvalue weighted by Crippen LogP contribution is 2.29. The molecule has 2 N–H and O–H groups in total. The first-order chi connectivity index (χ1) is 10.7. The van der Waals surface area contributed by atoms with Crippen LogP contribution in [0.1, 0.15) is 5.69 Å². The van der Waals surface area contributed by atoms with E-state index in [4.69, 9.17) is 10.5 Å². The first-order valence-electron chi connectivity index (χ1n) is 6.91.